The summed E-state index contributed by atoms with van der Waals surface area (Å²) in [5.74, 6) is 1.07. The van der Waals surface area contributed by atoms with E-state index < -0.39 is 6.04 Å². The maximum Gasteiger partial charge on any atom is 0.255 e. The monoisotopic (exact) mass is 421 g/mol. The molecule has 0 spiro atoms. The topological polar surface area (TPSA) is 80.3 Å². The van der Waals surface area contributed by atoms with Crippen molar-refractivity contribution in [3.05, 3.63) is 45.9 Å². The fourth-order valence-corrected chi connectivity index (χ4v) is 3.85. The van der Waals surface area contributed by atoms with Gasteiger partial charge in [0.2, 0.25) is 5.91 Å². The van der Waals surface area contributed by atoms with Crippen molar-refractivity contribution in [1.82, 2.24) is 15.6 Å². The highest BCUT2D eigenvalue weighted by atomic mass is 32.2. The van der Waals surface area contributed by atoms with Crippen LogP contribution in [0.4, 0.5) is 0 Å². The number of ether oxygens (including phenoxy) is 1. The molecule has 0 aliphatic heterocycles. The van der Waals surface area contributed by atoms with E-state index in [0.29, 0.717) is 30.2 Å². The van der Waals surface area contributed by atoms with E-state index in [1.807, 2.05) is 11.6 Å². The number of hydrogen-bond acceptors (Lipinski definition) is 6. The Bertz CT molecular complexity index is 793. The number of carbonyl (C=O) groups excluding carboxylic acids is 2. The number of para-hydroxylation sites is 1. The van der Waals surface area contributed by atoms with Gasteiger partial charge in [-0.05, 0) is 30.6 Å². The van der Waals surface area contributed by atoms with E-state index in [4.69, 9.17) is 4.74 Å². The molecule has 0 bridgehead atoms. The third kappa shape index (κ3) is 6.24. The van der Waals surface area contributed by atoms with Crippen molar-refractivity contribution in [3.63, 3.8) is 0 Å². The third-order valence-electron chi connectivity index (χ3n) is 4.09. The maximum absolute atomic E-state index is 12.7. The molecule has 8 heteroatoms. The average molecular weight is 422 g/mol. The van der Waals surface area contributed by atoms with Gasteiger partial charge < -0.3 is 15.4 Å². The van der Waals surface area contributed by atoms with Gasteiger partial charge in [-0.15, -0.1) is 11.3 Å². The second kappa shape index (κ2) is 11.1. The number of thiazole rings is 1. The Morgan fingerprint density at radius 2 is 2.04 bits per heavy atom. The first-order chi connectivity index (χ1) is 13.5. The zero-order valence-corrected chi connectivity index (χ0v) is 18.3. The first-order valence-corrected chi connectivity index (χ1v) is 11.4. The van der Waals surface area contributed by atoms with Crippen LogP contribution in [-0.4, -0.2) is 42.0 Å². The lowest BCUT2D eigenvalue weighted by Crippen LogP contribution is -2.47. The molecule has 2 aromatic rings. The highest BCUT2D eigenvalue weighted by molar-refractivity contribution is 7.98. The van der Waals surface area contributed by atoms with Gasteiger partial charge in [0, 0.05) is 11.3 Å². The summed E-state index contributed by atoms with van der Waals surface area (Å²) in [6, 6.07) is 6.35. The van der Waals surface area contributed by atoms with Crippen molar-refractivity contribution in [3.8, 4) is 5.75 Å². The van der Waals surface area contributed by atoms with Crippen LogP contribution in [0.2, 0.25) is 0 Å². The van der Waals surface area contributed by atoms with Crippen molar-refractivity contribution >= 4 is 34.9 Å². The van der Waals surface area contributed by atoms with Crippen molar-refractivity contribution < 1.29 is 14.3 Å². The molecule has 0 fully saturated rings. The number of methoxy groups -OCH3 is 1. The molecule has 0 aliphatic carbocycles. The second-order valence-corrected chi connectivity index (χ2v) is 8.43. The van der Waals surface area contributed by atoms with Crippen LogP contribution < -0.4 is 15.4 Å². The summed E-state index contributed by atoms with van der Waals surface area (Å²) in [5, 5.41) is 8.74. The van der Waals surface area contributed by atoms with Crippen molar-refractivity contribution in [2.24, 2.45) is 0 Å². The third-order valence-corrected chi connectivity index (χ3v) is 5.93. The van der Waals surface area contributed by atoms with E-state index in [-0.39, 0.29) is 11.8 Å². The predicted molar refractivity (Wildman–Crippen MR) is 115 cm³/mol. The number of hydrogen-bond donors (Lipinski definition) is 2. The molecule has 0 aliphatic rings. The van der Waals surface area contributed by atoms with Crippen LogP contribution >= 0.6 is 23.1 Å². The van der Waals surface area contributed by atoms with Crippen molar-refractivity contribution in [1.29, 1.82) is 0 Å². The minimum absolute atomic E-state index is 0.212. The molecule has 28 heavy (non-hydrogen) atoms. The Balaban J connectivity index is 2.02. The summed E-state index contributed by atoms with van der Waals surface area (Å²) in [5.41, 5.74) is 1.25. The molecule has 1 atom stereocenters. The van der Waals surface area contributed by atoms with Gasteiger partial charge in [0.25, 0.3) is 5.91 Å². The molecule has 152 valence electrons. The van der Waals surface area contributed by atoms with E-state index in [9.17, 15) is 9.59 Å². The van der Waals surface area contributed by atoms with E-state index in [0.717, 1.165) is 16.5 Å². The number of carbonyl (C=O) groups is 2. The lowest BCUT2D eigenvalue weighted by Gasteiger charge is -2.18. The summed E-state index contributed by atoms with van der Waals surface area (Å²) in [7, 11) is 1.52. The van der Waals surface area contributed by atoms with Gasteiger partial charge in [0.15, 0.2) is 0 Å². The summed E-state index contributed by atoms with van der Waals surface area (Å²) >= 11 is 3.23. The molecular formula is C20H27N3O3S2. The standard InChI is InChI=1S/C20H27N3O3S2/c1-13(2)20-22-14(12-28-20)11-21-19(25)16(9-10-27-4)23-18(24)15-7-5-6-8-17(15)26-3/h5-8,12-13,16H,9-11H2,1-4H3,(H,21,25)(H,23,24). The smallest absolute Gasteiger partial charge is 0.255 e. The molecule has 1 aromatic carbocycles. The molecular weight excluding hydrogens is 394 g/mol. The molecule has 0 saturated carbocycles. The minimum atomic E-state index is -0.618. The quantitative estimate of drug-likeness (QED) is 0.614. The number of nitrogens with one attached hydrogen (secondary N) is 2. The average Bonchev–Trinajstić information content (AvgIpc) is 3.18. The van der Waals surface area contributed by atoms with Gasteiger partial charge >= 0.3 is 0 Å². The molecule has 2 rings (SSSR count). The second-order valence-electron chi connectivity index (χ2n) is 6.56. The Kier molecular flexibility index (Phi) is 8.79. The number of aromatic nitrogens is 1. The van der Waals surface area contributed by atoms with Crippen LogP contribution in [0, 0.1) is 0 Å². The van der Waals surface area contributed by atoms with E-state index in [2.05, 4.69) is 29.5 Å². The molecule has 6 nitrogen and oxygen atoms in total. The van der Waals surface area contributed by atoms with Gasteiger partial charge in [-0.25, -0.2) is 4.98 Å². The lowest BCUT2D eigenvalue weighted by molar-refractivity contribution is -0.123. The van der Waals surface area contributed by atoms with Crippen LogP contribution in [0.1, 0.15) is 47.2 Å². The first-order valence-electron chi connectivity index (χ1n) is 9.11. The maximum atomic E-state index is 12.7. The molecule has 1 unspecified atom stereocenters. The zero-order chi connectivity index (χ0) is 20.5. The SMILES string of the molecule is COc1ccccc1C(=O)NC(CCSC)C(=O)NCc1csc(C(C)C)n1. The molecule has 2 N–H and O–H groups in total. The van der Waals surface area contributed by atoms with Gasteiger partial charge in [-0.2, -0.15) is 11.8 Å². The van der Waals surface area contributed by atoms with Gasteiger partial charge in [-0.1, -0.05) is 26.0 Å². The number of amides is 2. The van der Waals surface area contributed by atoms with Gasteiger partial charge in [0.05, 0.1) is 29.9 Å². The molecule has 1 heterocycles. The van der Waals surface area contributed by atoms with Crippen LogP contribution in [0.3, 0.4) is 0 Å². The Labute approximate surface area is 174 Å². The van der Waals surface area contributed by atoms with Gasteiger partial charge in [-0.3, -0.25) is 9.59 Å². The largest absolute Gasteiger partial charge is 0.496 e. The summed E-state index contributed by atoms with van der Waals surface area (Å²) in [6.45, 7) is 4.53. The lowest BCUT2D eigenvalue weighted by atomic mass is 10.1. The van der Waals surface area contributed by atoms with Crippen LogP contribution in [0.5, 0.6) is 5.75 Å². The Hall–Kier alpha value is -2.06. The van der Waals surface area contributed by atoms with Crippen molar-refractivity contribution in [2.45, 2.75) is 38.8 Å². The molecule has 2 amide bonds. The number of thioether (sulfide) groups is 1. The van der Waals surface area contributed by atoms with E-state index in [1.54, 1.807) is 47.4 Å². The van der Waals surface area contributed by atoms with Crippen LogP contribution in [0.15, 0.2) is 29.6 Å². The highest BCUT2D eigenvalue weighted by Crippen LogP contribution is 2.19. The minimum Gasteiger partial charge on any atom is -0.496 e. The zero-order valence-electron chi connectivity index (χ0n) is 16.7. The van der Waals surface area contributed by atoms with Crippen molar-refractivity contribution in [2.75, 3.05) is 19.1 Å². The first kappa shape index (κ1) is 22.2. The Morgan fingerprint density at radius 3 is 2.68 bits per heavy atom. The number of rotatable bonds is 10. The summed E-state index contributed by atoms with van der Waals surface area (Å²) < 4.78 is 5.24. The Morgan fingerprint density at radius 1 is 1.29 bits per heavy atom. The van der Waals surface area contributed by atoms with Crippen LogP contribution in [-0.2, 0) is 11.3 Å². The normalized spacial score (nSPS) is 11.9. The predicted octanol–water partition coefficient (Wildman–Crippen LogP) is 3.44. The molecule has 1 aromatic heterocycles. The van der Waals surface area contributed by atoms with Crippen LogP contribution in [0.25, 0.3) is 0 Å². The summed E-state index contributed by atoms with van der Waals surface area (Å²) in [4.78, 5) is 29.9. The van der Waals surface area contributed by atoms with E-state index >= 15 is 0 Å². The molecule has 0 radical (unpaired) electrons. The fraction of sp³-hybridized carbons (Fsp3) is 0.450. The van der Waals surface area contributed by atoms with E-state index in [1.165, 1.54) is 7.11 Å². The fourth-order valence-electron chi connectivity index (χ4n) is 2.54. The number of nitrogens with zero attached hydrogens (tertiary/aromatic N) is 1. The summed E-state index contributed by atoms with van der Waals surface area (Å²) in [6.07, 6.45) is 2.52. The number of benzene rings is 1. The highest BCUT2D eigenvalue weighted by Gasteiger charge is 2.22. The van der Waals surface area contributed by atoms with Gasteiger partial charge in [0.1, 0.15) is 11.8 Å². The molecule has 0 saturated heterocycles.